The fourth-order valence-electron chi connectivity index (χ4n) is 2.60. The molecule has 0 fully saturated rings. The Hall–Kier alpha value is -2.80. The Morgan fingerprint density at radius 2 is 1.85 bits per heavy atom. The molecule has 140 valence electrons. The highest BCUT2D eigenvalue weighted by molar-refractivity contribution is 5.95. The molecule has 2 aromatic rings. The standard InChI is InChI=1S/C19H23FN2O4/c1-19(2,24)13-6-5-11(8-15(13)21)18(23)22-10-12-7-14(20)17(26-4)9-16(12)25-3/h5-9,24H,10,21H2,1-4H3,(H,22,23). The van der Waals surface area contributed by atoms with Crippen LogP contribution >= 0.6 is 0 Å². The van der Waals surface area contributed by atoms with Crippen molar-refractivity contribution in [1.29, 1.82) is 0 Å². The number of hydrogen-bond donors (Lipinski definition) is 3. The van der Waals surface area contributed by atoms with Crippen molar-refractivity contribution in [3.05, 3.63) is 52.8 Å². The van der Waals surface area contributed by atoms with Gasteiger partial charge in [-0.15, -0.1) is 0 Å². The molecule has 0 radical (unpaired) electrons. The molecule has 0 aromatic heterocycles. The molecule has 0 heterocycles. The van der Waals surface area contributed by atoms with Gasteiger partial charge in [0.1, 0.15) is 5.75 Å². The molecule has 0 aliphatic carbocycles. The average Bonchev–Trinajstić information content (AvgIpc) is 2.58. The van der Waals surface area contributed by atoms with E-state index in [9.17, 15) is 14.3 Å². The summed E-state index contributed by atoms with van der Waals surface area (Å²) in [5.74, 6) is -0.457. The summed E-state index contributed by atoms with van der Waals surface area (Å²) in [6.45, 7) is 3.29. The second-order valence-electron chi connectivity index (χ2n) is 6.34. The van der Waals surface area contributed by atoms with E-state index < -0.39 is 11.4 Å². The van der Waals surface area contributed by atoms with Gasteiger partial charge >= 0.3 is 0 Å². The molecule has 0 atom stereocenters. The molecule has 4 N–H and O–H groups in total. The van der Waals surface area contributed by atoms with E-state index in [-0.39, 0.29) is 18.2 Å². The number of nitrogens with one attached hydrogen (secondary N) is 1. The van der Waals surface area contributed by atoms with Crippen LogP contribution in [-0.4, -0.2) is 25.2 Å². The van der Waals surface area contributed by atoms with Crippen LogP contribution in [-0.2, 0) is 12.1 Å². The van der Waals surface area contributed by atoms with Crippen LogP contribution in [0.1, 0.15) is 35.3 Å². The Morgan fingerprint density at radius 1 is 1.19 bits per heavy atom. The molecule has 2 aromatic carbocycles. The minimum atomic E-state index is -1.10. The molecule has 0 aliphatic rings. The van der Waals surface area contributed by atoms with Crippen molar-refractivity contribution >= 4 is 11.6 Å². The minimum absolute atomic E-state index is 0.0620. The zero-order valence-corrected chi connectivity index (χ0v) is 15.2. The summed E-state index contributed by atoms with van der Waals surface area (Å²) in [4.78, 5) is 12.4. The van der Waals surface area contributed by atoms with E-state index >= 15 is 0 Å². The third kappa shape index (κ3) is 4.23. The van der Waals surface area contributed by atoms with E-state index in [0.717, 1.165) is 0 Å². The second kappa shape index (κ2) is 7.61. The number of carbonyl (C=O) groups excluding carboxylic acids is 1. The van der Waals surface area contributed by atoms with E-state index in [1.165, 1.54) is 32.4 Å². The van der Waals surface area contributed by atoms with Gasteiger partial charge in [0.15, 0.2) is 11.6 Å². The Morgan fingerprint density at radius 3 is 2.38 bits per heavy atom. The van der Waals surface area contributed by atoms with Gasteiger partial charge in [0, 0.05) is 35.0 Å². The Bertz CT molecular complexity index is 816. The highest BCUT2D eigenvalue weighted by atomic mass is 19.1. The van der Waals surface area contributed by atoms with Crippen LogP contribution in [0, 0.1) is 5.82 Å². The molecule has 2 rings (SSSR count). The van der Waals surface area contributed by atoms with Gasteiger partial charge in [-0.1, -0.05) is 6.07 Å². The van der Waals surface area contributed by atoms with Gasteiger partial charge in [0.05, 0.1) is 19.8 Å². The molecule has 0 spiro atoms. The van der Waals surface area contributed by atoms with Gasteiger partial charge in [-0.2, -0.15) is 0 Å². The number of benzene rings is 2. The number of halogens is 1. The fourth-order valence-corrected chi connectivity index (χ4v) is 2.60. The molecular formula is C19H23FN2O4. The lowest BCUT2D eigenvalue weighted by molar-refractivity contribution is 0.0792. The van der Waals surface area contributed by atoms with Gasteiger partial charge in [0.25, 0.3) is 5.91 Å². The van der Waals surface area contributed by atoms with Gasteiger partial charge < -0.3 is 25.6 Å². The van der Waals surface area contributed by atoms with Gasteiger partial charge in [-0.3, -0.25) is 4.79 Å². The number of amides is 1. The zero-order valence-electron chi connectivity index (χ0n) is 15.2. The monoisotopic (exact) mass is 362 g/mol. The number of aliphatic hydroxyl groups is 1. The van der Waals surface area contributed by atoms with Crippen LogP contribution < -0.4 is 20.5 Å². The smallest absolute Gasteiger partial charge is 0.251 e. The van der Waals surface area contributed by atoms with Crippen molar-refractivity contribution in [1.82, 2.24) is 5.32 Å². The van der Waals surface area contributed by atoms with Crippen molar-refractivity contribution in [2.75, 3.05) is 20.0 Å². The lowest BCUT2D eigenvalue weighted by Gasteiger charge is -2.20. The predicted molar refractivity (Wildman–Crippen MR) is 96.8 cm³/mol. The maximum atomic E-state index is 13.9. The summed E-state index contributed by atoms with van der Waals surface area (Å²) < 4.78 is 24.0. The summed E-state index contributed by atoms with van der Waals surface area (Å²) in [6.07, 6.45) is 0. The number of hydrogen-bond acceptors (Lipinski definition) is 5. The fraction of sp³-hybridized carbons (Fsp3) is 0.316. The largest absolute Gasteiger partial charge is 0.496 e. The first kappa shape index (κ1) is 19.5. The number of carbonyl (C=O) groups is 1. The van der Waals surface area contributed by atoms with Crippen molar-refractivity contribution in [2.45, 2.75) is 26.0 Å². The van der Waals surface area contributed by atoms with Crippen LogP contribution in [0.5, 0.6) is 11.5 Å². The Kier molecular flexibility index (Phi) is 5.72. The van der Waals surface area contributed by atoms with Crippen molar-refractivity contribution in [3.63, 3.8) is 0 Å². The first-order valence-electron chi connectivity index (χ1n) is 7.98. The number of nitrogens with two attached hydrogens (primary N) is 1. The van der Waals surface area contributed by atoms with Crippen LogP contribution in [0.4, 0.5) is 10.1 Å². The normalized spacial score (nSPS) is 11.2. The summed E-state index contributed by atoms with van der Waals surface area (Å²) in [7, 11) is 2.81. The van der Waals surface area contributed by atoms with E-state index in [2.05, 4.69) is 5.32 Å². The molecule has 0 bridgehead atoms. The van der Waals surface area contributed by atoms with E-state index in [1.54, 1.807) is 26.0 Å². The first-order valence-corrected chi connectivity index (χ1v) is 7.98. The van der Waals surface area contributed by atoms with Gasteiger partial charge in [-0.25, -0.2) is 4.39 Å². The lowest BCUT2D eigenvalue weighted by Crippen LogP contribution is -2.24. The SMILES string of the molecule is COc1cc(OC)c(CNC(=O)c2ccc(C(C)(C)O)c(N)c2)cc1F. The molecular weight excluding hydrogens is 339 g/mol. The molecule has 1 amide bonds. The molecule has 0 saturated heterocycles. The van der Waals surface area contributed by atoms with E-state index in [0.29, 0.717) is 28.1 Å². The number of methoxy groups -OCH3 is 2. The zero-order chi connectivity index (χ0) is 19.5. The van der Waals surface area contributed by atoms with E-state index in [1.807, 2.05) is 0 Å². The summed E-state index contributed by atoms with van der Waals surface area (Å²) in [5, 5.41) is 12.7. The summed E-state index contributed by atoms with van der Waals surface area (Å²) in [5.41, 5.74) is 6.48. The number of rotatable bonds is 6. The molecule has 0 saturated carbocycles. The molecule has 6 nitrogen and oxygen atoms in total. The third-order valence-corrected chi connectivity index (χ3v) is 3.97. The van der Waals surface area contributed by atoms with Crippen molar-refractivity contribution < 1.29 is 23.8 Å². The maximum absolute atomic E-state index is 13.9. The quantitative estimate of drug-likeness (QED) is 0.687. The van der Waals surface area contributed by atoms with Crippen LogP contribution in [0.25, 0.3) is 0 Å². The van der Waals surface area contributed by atoms with Crippen LogP contribution in [0.2, 0.25) is 0 Å². The number of nitrogen functional groups attached to an aromatic ring is 1. The molecule has 0 unspecified atom stereocenters. The van der Waals surface area contributed by atoms with Crippen molar-refractivity contribution in [2.24, 2.45) is 0 Å². The summed E-state index contributed by atoms with van der Waals surface area (Å²) in [6, 6.07) is 7.35. The lowest BCUT2D eigenvalue weighted by atomic mass is 9.95. The highest BCUT2D eigenvalue weighted by Crippen LogP contribution is 2.28. The van der Waals surface area contributed by atoms with Crippen molar-refractivity contribution in [3.8, 4) is 11.5 Å². The number of anilines is 1. The third-order valence-electron chi connectivity index (χ3n) is 3.97. The second-order valence-corrected chi connectivity index (χ2v) is 6.34. The van der Waals surface area contributed by atoms with Gasteiger partial charge in [0.2, 0.25) is 0 Å². The molecule has 7 heteroatoms. The van der Waals surface area contributed by atoms with Gasteiger partial charge in [-0.05, 0) is 32.0 Å². The maximum Gasteiger partial charge on any atom is 0.251 e. The Balaban J connectivity index is 2.17. The topological polar surface area (TPSA) is 93.8 Å². The first-order chi connectivity index (χ1) is 12.2. The number of ether oxygens (including phenoxy) is 2. The summed E-state index contributed by atoms with van der Waals surface area (Å²) >= 11 is 0. The van der Waals surface area contributed by atoms with Crippen LogP contribution in [0.3, 0.4) is 0 Å². The highest BCUT2D eigenvalue weighted by Gasteiger charge is 2.20. The minimum Gasteiger partial charge on any atom is -0.496 e. The molecule has 0 aliphatic heterocycles. The Labute approximate surface area is 151 Å². The average molecular weight is 362 g/mol. The van der Waals surface area contributed by atoms with E-state index in [4.69, 9.17) is 15.2 Å². The molecule has 26 heavy (non-hydrogen) atoms. The van der Waals surface area contributed by atoms with Crippen LogP contribution in [0.15, 0.2) is 30.3 Å². The predicted octanol–water partition coefficient (Wildman–Crippen LogP) is 2.58.